The lowest BCUT2D eigenvalue weighted by molar-refractivity contribution is -0.146. The number of benzene rings is 1. The lowest BCUT2D eigenvalue weighted by Crippen LogP contribution is -2.46. The number of nitrogens with one attached hydrogen (secondary N) is 1. The maximum Gasteiger partial charge on any atom is 0.252 e. The Balaban J connectivity index is 1.67. The molecule has 1 fully saturated rings. The van der Waals surface area contributed by atoms with Crippen molar-refractivity contribution < 1.29 is 9.53 Å². The maximum atomic E-state index is 12.6. The Hall–Kier alpha value is -2.14. The van der Waals surface area contributed by atoms with Crippen LogP contribution in [0.1, 0.15) is 38.2 Å². The van der Waals surface area contributed by atoms with Crippen LogP contribution in [0.15, 0.2) is 36.7 Å². The number of nitrogens with zero attached hydrogens (tertiary/aromatic N) is 2. The van der Waals surface area contributed by atoms with Crippen LogP contribution in [-0.4, -0.2) is 27.9 Å². The molecule has 0 radical (unpaired) electrons. The van der Waals surface area contributed by atoms with Gasteiger partial charge in [0.25, 0.3) is 5.91 Å². The summed E-state index contributed by atoms with van der Waals surface area (Å²) in [7, 11) is 1.91. The molecule has 1 aromatic carbocycles. The molecule has 24 heavy (non-hydrogen) atoms. The molecule has 0 bridgehead atoms. The minimum Gasteiger partial charge on any atom is -0.365 e. The zero-order valence-electron chi connectivity index (χ0n) is 14.4. The third-order valence-electron chi connectivity index (χ3n) is 4.66. The maximum absolute atomic E-state index is 12.6. The Morgan fingerprint density at radius 2 is 2.12 bits per heavy atom. The molecule has 1 amide bonds. The number of aromatic nitrogens is 2. The summed E-state index contributed by atoms with van der Waals surface area (Å²) in [6.45, 7) is 3.04. The van der Waals surface area contributed by atoms with Crippen molar-refractivity contribution in [2.24, 2.45) is 7.05 Å². The summed E-state index contributed by atoms with van der Waals surface area (Å²) >= 11 is 0. The van der Waals surface area contributed by atoms with Crippen molar-refractivity contribution in [3.63, 3.8) is 0 Å². The minimum absolute atomic E-state index is 0.0219. The smallest absolute Gasteiger partial charge is 0.252 e. The van der Waals surface area contributed by atoms with E-state index in [1.807, 2.05) is 38.5 Å². The highest BCUT2D eigenvalue weighted by atomic mass is 16.5. The molecule has 128 valence electrons. The molecule has 0 saturated heterocycles. The van der Waals surface area contributed by atoms with E-state index >= 15 is 0 Å². The van der Waals surface area contributed by atoms with Crippen molar-refractivity contribution in [1.29, 1.82) is 0 Å². The van der Waals surface area contributed by atoms with Gasteiger partial charge in [0.1, 0.15) is 5.60 Å². The van der Waals surface area contributed by atoms with Crippen LogP contribution >= 0.6 is 0 Å². The summed E-state index contributed by atoms with van der Waals surface area (Å²) in [5, 5.41) is 7.27. The Bertz CT molecular complexity index is 702. The molecule has 0 aliphatic heterocycles. The van der Waals surface area contributed by atoms with E-state index < -0.39 is 5.60 Å². The van der Waals surface area contributed by atoms with E-state index in [0.717, 1.165) is 42.4 Å². The van der Waals surface area contributed by atoms with Crippen LogP contribution < -0.4 is 5.32 Å². The molecule has 1 aliphatic carbocycles. The van der Waals surface area contributed by atoms with Gasteiger partial charge < -0.3 is 10.1 Å². The van der Waals surface area contributed by atoms with Gasteiger partial charge in [-0.3, -0.25) is 9.48 Å². The highest BCUT2D eigenvalue weighted by Gasteiger charge is 2.41. The highest BCUT2D eigenvalue weighted by Crippen LogP contribution is 2.33. The average molecular weight is 327 g/mol. The molecule has 0 spiro atoms. The fourth-order valence-electron chi connectivity index (χ4n) is 3.43. The summed E-state index contributed by atoms with van der Waals surface area (Å²) in [4.78, 5) is 12.6. The monoisotopic (exact) mass is 327 g/mol. The van der Waals surface area contributed by atoms with Gasteiger partial charge in [-0.05, 0) is 49.8 Å². The SMILES string of the molecule is CCOC1(C(=O)NCc2cccc(-c3cnn(C)c3)c2)CCCC1. The van der Waals surface area contributed by atoms with E-state index in [4.69, 9.17) is 4.74 Å². The third kappa shape index (κ3) is 3.51. The van der Waals surface area contributed by atoms with Crippen LogP contribution in [0.2, 0.25) is 0 Å². The molecule has 1 N–H and O–H groups in total. The fourth-order valence-corrected chi connectivity index (χ4v) is 3.43. The first-order chi connectivity index (χ1) is 11.6. The van der Waals surface area contributed by atoms with Crippen molar-refractivity contribution in [1.82, 2.24) is 15.1 Å². The van der Waals surface area contributed by atoms with Crippen molar-refractivity contribution in [3.05, 3.63) is 42.2 Å². The van der Waals surface area contributed by atoms with Crippen molar-refractivity contribution in [3.8, 4) is 11.1 Å². The fraction of sp³-hybridized carbons (Fsp3) is 0.474. The molecule has 5 nitrogen and oxygen atoms in total. The molecule has 1 aliphatic rings. The van der Waals surface area contributed by atoms with Gasteiger partial charge in [0, 0.05) is 32.0 Å². The Labute approximate surface area is 143 Å². The first-order valence-electron chi connectivity index (χ1n) is 8.63. The Morgan fingerprint density at radius 3 is 2.79 bits per heavy atom. The van der Waals surface area contributed by atoms with Crippen molar-refractivity contribution in [2.45, 2.75) is 44.8 Å². The highest BCUT2D eigenvalue weighted by molar-refractivity contribution is 5.85. The molecule has 2 aromatic rings. The second kappa shape index (κ2) is 7.18. The predicted molar refractivity (Wildman–Crippen MR) is 93.3 cm³/mol. The normalized spacial score (nSPS) is 16.2. The molecule has 5 heteroatoms. The summed E-state index contributed by atoms with van der Waals surface area (Å²) in [6.07, 6.45) is 7.60. The summed E-state index contributed by atoms with van der Waals surface area (Å²) in [5.41, 5.74) is 2.65. The summed E-state index contributed by atoms with van der Waals surface area (Å²) < 4.78 is 7.60. The number of carbonyl (C=O) groups is 1. The van der Waals surface area contributed by atoms with Crippen molar-refractivity contribution >= 4 is 5.91 Å². The molecule has 1 heterocycles. The largest absolute Gasteiger partial charge is 0.365 e. The van der Waals surface area contributed by atoms with Crippen molar-refractivity contribution in [2.75, 3.05) is 6.61 Å². The zero-order chi connectivity index (χ0) is 17.0. The van der Waals surface area contributed by atoms with E-state index in [1.54, 1.807) is 4.68 Å². The number of ether oxygens (including phenoxy) is 1. The second-order valence-electron chi connectivity index (χ2n) is 6.42. The molecule has 0 unspecified atom stereocenters. The third-order valence-corrected chi connectivity index (χ3v) is 4.66. The van der Waals surface area contributed by atoms with E-state index in [9.17, 15) is 4.79 Å². The predicted octanol–water partition coefficient (Wildman–Crippen LogP) is 3.05. The lowest BCUT2D eigenvalue weighted by Gasteiger charge is -2.27. The van der Waals surface area contributed by atoms with Gasteiger partial charge in [0.2, 0.25) is 0 Å². The summed E-state index contributed by atoms with van der Waals surface area (Å²) in [5.74, 6) is 0.0219. The van der Waals surface area contributed by atoms with Gasteiger partial charge in [-0.2, -0.15) is 5.10 Å². The van der Waals surface area contributed by atoms with Crippen LogP contribution in [0.5, 0.6) is 0 Å². The number of amides is 1. The molecular weight excluding hydrogens is 302 g/mol. The zero-order valence-corrected chi connectivity index (χ0v) is 14.4. The Kier molecular flexibility index (Phi) is 5.00. The van der Waals surface area contributed by atoms with Crippen LogP contribution in [0, 0.1) is 0 Å². The van der Waals surface area contributed by atoms with Gasteiger partial charge in [0.15, 0.2) is 0 Å². The van der Waals surface area contributed by atoms with Gasteiger partial charge in [0.05, 0.1) is 6.20 Å². The van der Waals surface area contributed by atoms with E-state index in [1.165, 1.54) is 0 Å². The van der Waals surface area contributed by atoms with Crippen LogP contribution in [-0.2, 0) is 23.1 Å². The number of hydrogen-bond acceptors (Lipinski definition) is 3. The Morgan fingerprint density at radius 1 is 1.33 bits per heavy atom. The minimum atomic E-state index is -0.615. The second-order valence-corrected chi connectivity index (χ2v) is 6.42. The van der Waals surface area contributed by atoms with Crippen LogP contribution in [0.3, 0.4) is 0 Å². The van der Waals surface area contributed by atoms with Gasteiger partial charge in [-0.25, -0.2) is 0 Å². The topological polar surface area (TPSA) is 56.1 Å². The van der Waals surface area contributed by atoms with Gasteiger partial charge in [-0.15, -0.1) is 0 Å². The molecular formula is C19H25N3O2. The van der Waals surface area contributed by atoms with Gasteiger partial charge in [-0.1, -0.05) is 18.2 Å². The molecule has 1 saturated carbocycles. The number of hydrogen-bond donors (Lipinski definition) is 1. The summed E-state index contributed by atoms with van der Waals surface area (Å²) in [6, 6.07) is 8.19. The lowest BCUT2D eigenvalue weighted by atomic mass is 10.0. The van der Waals surface area contributed by atoms with Gasteiger partial charge >= 0.3 is 0 Å². The van der Waals surface area contributed by atoms with E-state index in [2.05, 4.69) is 22.5 Å². The van der Waals surface area contributed by atoms with Crippen LogP contribution in [0.4, 0.5) is 0 Å². The molecule has 1 aromatic heterocycles. The first-order valence-corrected chi connectivity index (χ1v) is 8.63. The quantitative estimate of drug-likeness (QED) is 0.887. The standard InChI is InChI=1S/C19H25N3O2/c1-3-24-19(9-4-5-10-19)18(23)20-12-15-7-6-8-16(11-15)17-13-21-22(2)14-17/h6-8,11,13-14H,3-5,9-10,12H2,1-2H3,(H,20,23). The number of aryl methyl sites for hydroxylation is 1. The number of rotatable bonds is 6. The molecule has 0 atom stereocenters. The van der Waals surface area contributed by atoms with Crippen LogP contribution in [0.25, 0.3) is 11.1 Å². The van der Waals surface area contributed by atoms with E-state index in [0.29, 0.717) is 13.2 Å². The van der Waals surface area contributed by atoms with E-state index in [-0.39, 0.29) is 5.91 Å². The molecule has 3 rings (SSSR count). The first kappa shape index (κ1) is 16.7. The average Bonchev–Trinajstić information content (AvgIpc) is 3.23. The number of carbonyl (C=O) groups excluding carboxylic acids is 1.